The van der Waals surface area contributed by atoms with E-state index in [0.717, 1.165) is 6.42 Å². The van der Waals surface area contributed by atoms with Gasteiger partial charge in [-0.1, -0.05) is 0 Å². The van der Waals surface area contributed by atoms with Crippen molar-refractivity contribution in [2.24, 2.45) is 5.92 Å². The van der Waals surface area contributed by atoms with Crippen LogP contribution in [0.2, 0.25) is 0 Å². The topological polar surface area (TPSA) is 84.9 Å². The van der Waals surface area contributed by atoms with Gasteiger partial charge >= 0.3 is 5.97 Å². The van der Waals surface area contributed by atoms with Crippen molar-refractivity contribution in [2.75, 3.05) is 19.5 Å². The van der Waals surface area contributed by atoms with E-state index in [1.165, 1.54) is 36.1 Å². The van der Waals surface area contributed by atoms with Crippen LogP contribution < -0.4 is 14.8 Å². The standard InChI is InChI=1S/C18H19NO5S/c1-9-4-5-15(25-9)11-8-12(11)17(20)19-13-6-10(18(21)22)7-14(23-2)16(13)24-3/h4-7,11-12H,8H2,1-3H3,(H,19,20)(H,21,22). The third kappa shape index (κ3) is 3.46. The first kappa shape index (κ1) is 17.3. The average Bonchev–Trinajstić information content (AvgIpc) is 3.28. The van der Waals surface area contributed by atoms with Crippen LogP contribution in [-0.2, 0) is 4.79 Å². The van der Waals surface area contributed by atoms with E-state index in [1.807, 2.05) is 6.92 Å². The Hall–Kier alpha value is -2.54. The number of rotatable bonds is 6. The van der Waals surface area contributed by atoms with Crippen LogP contribution in [0.4, 0.5) is 5.69 Å². The summed E-state index contributed by atoms with van der Waals surface area (Å²) in [5.41, 5.74) is 0.325. The van der Waals surface area contributed by atoms with Gasteiger partial charge in [-0.05, 0) is 37.6 Å². The van der Waals surface area contributed by atoms with Crippen molar-refractivity contribution < 1.29 is 24.2 Å². The molecule has 1 aromatic heterocycles. The molecule has 0 bridgehead atoms. The molecule has 0 radical (unpaired) electrons. The highest BCUT2D eigenvalue weighted by atomic mass is 32.1. The second-order valence-corrected chi connectivity index (χ2v) is 7.27. The molecule has 2 atom stereocenters. The van der Waals surface area contributed by atoms with Gasteiger partial charge in [-0.3, -0.25) is 4.79 Å². The highest BCUT2D eigenvalue weighted by Gasteiger charge is 2.45. The van der Waals surface area contributed by atoms with Gasteiger partial charge in [-0.15, -0.1) is 11.3 Å². The second-order valence-electron chi connectivity index (χ2n) is 5.95. The summed E-state index contributed by atoms with van der Waals surface area (Å²) in [6.45, 7) is 2.04. The normalized spacial score (nSPS) is 18.5. The van der Waals surface area contributed by atoms with Crippen molar-refractivity contribution in [3.05, 3.63) is 39.6 Å². The van der Waals surface area contributed by atoms with Crippen molar-refractivity contribution in [3.63, 3.8) is 0 Å². The summed E-state index contributed by atoms with van der Waals surface area (Å²) in [4.78, 5) is 26.3. The molecule has 0 spiro atoms. The van der Waals surface area contributed by atoms with Gasteiger partial charge in [0.25, 0.3) is 0 Å². The average molecular weight is 361 g/mol. The molecule has 3 rings (SSSR count). The van der Waals surface area contributed by atoms with Crippen molar-refractivity contribution in [3.8, 4) is 11.5 Å². The molecular weight excluding hydrogens is 342 g/mol. The smallest absolute Gasteiger partial charge is 0.335 e. The Bertz CT molecular complexity index is 829. The summed E-state index contributed by atoms with van der Waals surface area (Å²) < 4.78 is 10.5. The molecule has 2 unspecified atom stereocenters. The van der Waals surface area contributed by atoms with Crippen molar-refractivity contribution in [2.45, 2.75) is 19.3 Å². The largest absolute Gasteiger partial charge is 0.493 e. The van der Waals surface area contributed by atoms with Crippen LogP contribution in [-0.4, -0.2) is 31.2 Å². The van der Waals surface area contributed by atoms with Gasteiger partial charge in [0.15, 0.2) is 11.5 Å². The molecule has 1 saturated carbocycles. The summed E-state index contributed by atoms with van der Waals surface area (Å²) in [7, 11) is 2.87. The maximum absolute atomic E-state index is 12.6. The van der Waals surface area contributed by atoms with Gasteiger partial charge in [-0.25, -0.2) is 4.79 Å². The van der Waals surface area contributed by atoms with Crippen LogP contribution in [0.5, 0.6) is 11.5 Å². The Morgan fingerprint density at radius 2 is 2.00 bits per heavy atom. The van der Waals surface area contributed by atoms with E-state index >= 15 is 0 Å². The number of hydrogen-bond acceptors (Lipinski definition) is 5. The first-order valence-electron chi connectivity index (χ1n) is 7.81. The molecular formula is C18H19NO5S. The summed E-state index contributed by atoms with van der Waals surface area (Å²) in [5.74, 6) is -0.547. The van der Waals surface area contributed by atoms with Crippen LogP contribution >= 0.6 is 11.3 Å². The number of carboxylic acid groups (broad SMARTS) is 1. The minimum absolute atomic E-state index is 0.0224. The second kappa shape index (κ2) is 6.76. The Morgan fingerprint density at radius 3 is 2.56 bits per heavy atom. The molecule has 2 N–H and O–H groups in total. The number of hydrogen-bond donors (Lipinski definition) is 2. The van der Waals surface area contributed by atoms with E-state index in [4.69, 9.17) is 9.47 Å². The quantitative estimate of drug-likeness (QED) is 0.822. The molecule has 1 aliphatic rings. The first-order chi connectivity index (χ1) is 11.9. The fourth-order valence-corrected chi connectivity index (χ4v) is 3.91. The van der Waals surface area contributed by atoms with E-state index in [1.54, 1.807) is 11.3 Å². The van der Waals surface area contributed by atoms with Gasteiger partial charge in [-0.2, -0.15) is 0 Å². The van der Waals surface area contributed by atoms with Gasteiger partial charge in [0, 0.05) is 21.6 Å². The number of aryl methyl sites for hydroxylation is 1. The Labute approximate surface area is 149 Å². The number of benzene rings is 1. The lowest BCUT2D eigenvalue weighted by Crippen LogP contribution is -2.16. The Morgan fingerprint density at radius 1 is 1.24 bits per heavy atom. The van der Waals surface area contributed by atoms with Crippen molar-refractivity contribution in [1.29, 1.82) is 0 Å². The summed E-state index contributed by atoms with van der Waals surface area (Å²) in [6.07, 6.45) is 0.795. The molecule has 2 aromatic rings. The van der Waals surface area contributed by atoms with Crippen LogP contribution in [0.3, 0.4) is 0 Å². The molecule has 25 heavy (non-hydrogen) atoms. The molecule has 1 amide bonds. The predicted octanol–water partition coefficient (Wildman–Crippen LogP) is 3.51. The molecule has 6 nitrogen and oxygen atoms in total. The van der Waals surface area contributed by atoms with E-state index in [-0.39, 0.29) is 29.1 Å². The minimum Gasteiger partial charge on any atom is -0.493 e. The number of carbonyl (C=O) groups is 2. The maximum Gasteiger partial charge on any atom is 0.335 e. The number of nitrogens with one attached hydrogen (secondary N) is 1. The van der Waals surface area contributed by atoms with E-state index in [2.05, 4.69) is 17.4 Å². The fraction of sp³-hybridized carbons (Fsp3) is 0.333. The lowest BCUT2D eigenvalue weighted by molar-refractivity contribution is -0.117. The number of thiophene rings is 1. The number of ether oxygens (including phenoxy) is 2. The van der Waals surface area contributed by atoms with Crippen LogP contribution in [0.1, 0.15) is 32.5 Å². The molecule has 1 aliphatic carbocycles. The zero-order valence-electron chi connectivity index (χ0n) is 14.2. The number of methoxy groups -OCH3 is 2. The number of carboxylic acids is 1. The van der Waals surface area contributed by atoms with E-state index in [9.17, 15) is 14.7 Å². The zero-order chi connectivity index (χ0) is 18.1. The molecule has 1 fully saturated rings. The van der Waals surface area contributed by atoms with Crippen LogP contribution in [0.25, 0.3) is 0 Å². The zero-order valence-corrected chi connectivity index (χ0v) is 15.0. The highest BCUT2D eigenvalue weighted by molar-refractivity contribution is 7.12. The Kier molecular flexibility index (Phi) is 4.67. The number of aromatic carboxylic acids is 1. The van der Waals surface area contributed by atoms with Crippen molar-refractivity contribution in [1.82, 2.24) is 0 Å². The monoisotopic (exact) mass is 361 g/mol. The SMILES string of the molecule is COc1cc(C(=O)O)cc(NC(=O)C2CC2c2ccc(C)s2)c1OC. The third-order valence-electron chi connectivity index (χ3n) is 4.24. The molecule has 1 heterocycles. The van der Waals surface area contributed by atoms with E-state index < -0.39 is 5.97 Å². The number of carbonyl (C=O) groups excluding carboxylic acids is 1. The predicted molar refractivity (Wildman–Crippen MR) is 95.0 cm³/mol. The highest BCUT2D eigenvalue weighted by Crippen LogP contribution is 2.50. The van der Waals surface area contributed by atoms with Gasteiger partial charge < -0.3 is 19.9 Å². The molecule has 7 heteroatoms. The van der Waals surface area contributed by atoms with Crippen molar-refractivity contribution >= 4 is 28.9 Å². The third-order valence-corrected chi connectivity index (χ3v) is 5.37. The van der Waals surface area contributed by atoms with Crippen LogP contribution in [0, 0.1) is 12.8 Å². The van der Waals surface area contributed by atoms with E-state index in [0.29, 0.717) is 11.4 Å². The van der Waals surface area contributed by atoms with Crippen LogP contribution in [0.15, 0.2) is 24.3 Å². The lowest BCUT2D eigenvalue weighted by Gasteiger charge is -2.14. The first-order valence-corrected chi connectivity index (χ1v) is 8.62. The Balaban J connectivity index is 1.81. The molecule has 1 aromatic carbocycles. The number of amides is 1. The number of anilines is 1. The van der Waals surface area contributed by atoms with Gasteiger partial charge in [0.2, 0.25) is 5.91 Å². The maximum atomic E-state index is 12.6. The summed E-state index contributed by atoms with van der Waals surface area (Å²) in [5, 5.41) is 12.0. The minimum atomic E-state index is -1.10. The fourth-order valence-electron chi connectivity index (χ4n) is 2.86. The summed E-state index contributed by atoms with van der Waals surface area (Å²) in [6, 6.07) is 6.86. The van der Waals surface area contributed by atoms with Gasteiger partial charge in [0.05, 0.1) is 25.5 Å². The van der Waals surface area contributed by atoms with Gasteiger partial charge in [0.1, 0.15) is 0 Å². The molecule has 0 saturated heterocycles. The molecule has 132 valence electrons. The lowest BCUT2D eigenvalue weighted by atomic mass is 10.1. The summed E-state index contributed by atoms with van der Waals surface area (Å²) >= 11 is 1.70. The molecule has 0 aliphatic heterocycles.